The summed E-state index contributed by atoms with van der Waals surface area (Å²) < 4.78 is 6.09. The second-order valence-corrected chi connectivity index (χ2v) is 5.11. The fourth-order valence-electron chi connectivity index (χ4n) is 2.10. The Morgan fingerprint density at radius 2 is 1.79 bits per heavy atom. The van der Waals surface area contributed by atoms with Gasteiger partial charge in [0.2, 0.25) is 0 Å². The van der Waals surface area contributed by atoms with E-state index in [1.165, 1.54) is 11.1 Å². The van der Waals surface area contributed by atoms with Crippen molar-refractivity contribution in [2.24, 2.45) is 5.73 Å². The minimum atomic E-state index is 0.431. The molecule has 0 aliphatic carbocycles. The summed E-state index contributed by atoms with van der Waals surface area (Å²) in [5.41, 5.74) is 9.20. The minimum Gasteiger partial charge on any atom is -0.457 e. The molecule has 0 saturated heterocycles. The summed E-state index contributed by atoms with van der Waals surface area (Å²) in [5.74, 6) is 2.20. The second-order valence-electron chi connectivity index (χ2n) is 5.11. The summed E-state index contributed by atoms with van der Waals surface area (Å²) in [4.78, 5) is 0. The quantitative estimate of drug-likeness (QED) is 0.880. The van der Waals surface area contributed by atoms with Gasteiger partial charge in [-0.25, -0.2) is 0 Å². The Balaban J connectivity index is 2.39. The maximum Gasteiger partial charge on any atom is 0.131 e. The lowest BCUT2D eigenvalue weighted by atomic mass is 10.0. The maximum absolute atomic E-state index is 6.09. The zero-order valence-corrected chi connectivity index (χ0v) is 11.8. The van der Waals surface area contributed by atoms with E-state index >= 15 is 0 Å². The molecular formula is C17H21NO. The van der Waals surface area contributed by atoms with E-state index in [1.54, 1.807) is 0 Å². The first kappa shape index (κ1) is 13.6. The topological polar surface area (TPSA) is 35.2 Å². The normalized spacial score (nSPS) is 10.8. The number of ether oxygens (including phenoxy) is 1. The molecular weight excluding hydrogens is 234 g/mol. The van der Waals surface area contributed by atoms with Crippen molar-refractivity contribution in [2.75, 3.05) is 0 Å². The van der Waals surface area contributed by atoms with Crippen LogP contribution in [0.5, 0.6) is 11.5 Å². The number of aryl methyl sites for hydroxylation is 1. The van der Waals surface area contributed by atoms with Crippen LogP contribution >= 0.6 is 0 Å². The average Bonchev–Trinajstić information content (AvgIpc) is 2.39. The van der Waals surface area contributed by atoms with Gasteiger partial charge in [0.05, 0.1) is 0 Å². The Morgan fingerprint density at radius 3 is 2.47 bits per heavy atom. The number of para-hydroxylation sites is 1. The SMILES string of the molecule is Cc1ccc(C(C)C)c(Oc2ccccc2CN)c1. The second kappa shape index (κ2) is 5.89. The first-order chi connectivity index (χ1) is 9.11. The maximum atomic E-state index is 6.09. The molecule has 19 heavy (non-hydrogen) atoms. The van der Waals surface area contributed by atoms with Gasteiger partial charge in [-0.3, -0.25) is 0 Å². The molecule has 2 aromatic rings. The lowest BCUT2D eigenvalue weighted by Gasteiger charge is -2.16. The summed E-state index contributed by atoms with van der Waals surface area (Å²) in [6.07, 6.45) is 0. The number of nitrogens with two attached hydrogens (primary N) is 1. The van der Waals surface area contributed by atoms with Crippen molar-refractivity contribution >= 4 is 0 Å². The molecule has 2 aromatic carbocycles. The van der Waals surface area contributed by atoms with Crippen molar-refractivity contribution in [3.8, 4) is 11.5 Å². The highest BCUT2D eigenvalue weighted by Crippen LogP contribution is 2.32. The molecule has 100 valence electrons. The van der Waals surface area contributed by atoms with E-state index in [1.807, 2.05) is 24.3 Å². The zero-order valence-electron chi connectivity index (χ0n) is 11.8. The number of hydrogen-bond donors (Lipinski definition) is 1. The molecule has 0 amide bonds. The standard InChI is InChI=1S/C17H21NO/c1-12(2)15-9-8-13(3)10-17(15)19-16-7-5-4-6-14(16)11-18/h4-10,12H,11,18H2,1-3H3. The summed E-state index contributed by atoms with van der Waals surface area (Å²) in [7, 11) is 0. The molecule has 2 rings (SSSR count). The minimum absolute atomic E-state index is 0.431. The van der Waals surface area contributed by atoms with Gasteiger partial charge in [0, 0.05) is 12.1 Å². The third-order valence-corrected chi connectivity index (χ3v) is 3.20. The Kier molecular flexibility index (Phi) is 4.23. The van der Waals surface area contributed by atoms with Crippen LogP contribution in [-0.2, 0) is 6.54 Å². The molecule has 0 heterocycles. The summed E-state index contributed by atoms with van der Waals surface area (Å²) in [6.45, 7) is 6.91. The summed E-state index contributed by atoms with van der Waals surface area (Å²) >= 11 is 0. The van der Waals surface area contributed by atoms with Gasteiger partial charge in [-0.2, -0.15) is 0 Å². The van der Waals surface area contributed by atoms with Crippen LogP contribution in [0.25, 0.3) is 0 Å². The third kappa shape index (κ3) is 3.15. The molecule has 0 bridgehead atoms. The van der Waals surface area contributed by atoms with E-state index in [-0.39, 0.29) is 0 Å². The lowest BCUT2D eigenvalue weighted by molar-refractivity contribution is 0.467. The molecule has 0 fully saturated rings. The van der Waals surface area contributed by atoms with E-state index < -0.39 is 0 Å². The van der Waals surface area contributed by atoms with Crippen LogP contribution < -0.4 is 10.5 Å². The molecule has 2 N–H and O–H groups in total. The fraction of sp³-hybridized carbons (Fsp3) is 0.294. The van der Waals surface area contributed by atoms with Crippen molar-refractivity contribution in [3.05, 3.63) is 59.2 Å². The first-order valence-corrected chi connectivity index (χ1v) is 6.68. The average molecular weight is 255 g/mol. The number of benzene rings is 2. The Labute approximate surface area is 115 Å². The molecule has 2 heteroatoms. The van der Waals surface area contributed by atoms with Gasteiger partial charge in [-0.15, -0.1) is 0 Å². The zero-order chi connectivity index (χ0) is 13.8. The lowest BCUT2D eigenvalue weighted by Crippen LogP contribution is -2.01. The van der Waals surface area contributed by atoms with E-state index in [2.05, 4.69) is 39.0 Å². The monoisotopic (exact) mass is 255 g/mol. The van der Waals surface area contributed by atoms with Crippen molar-refractivity contribution < 1.29 is 4.74 Å². The van der Waals surface area contributed by atoms with Crippen molar-refractivity contribution in [1.29, 1.82) is 0 Å². The molecule has 0 aliphatic rings. The highest BCUT2D eigenvalue weighted by Gasteiger charge is 2.10. The molecule has 0 spiro atoms. The van der Waals surface area contributed by atoms with Crippen molar-refractivity contribution in [2.45, 2.75) is 33.2 Å². The molecule has 0 aromatic heterocycles. The van der Waals surface area contributed by atoms with Gasteiger partial charge >= 0.3 is 0 Å². The van der Waals surface area contributed by atoms with E-state index in [9.17, 15) is 0 Å². The summed E-state index contributed by atoms with van der Waals surface area (Å²) in [5, 5.41) is 0. The van der Waals surface area contributed by atoms with Crippen LogP contribution in [0, 0.1) is 6.92 Å². The Morgan fingerprint density at radius 1 is 1.05 bits per heavy atom. The first-order valence-electron chi connectivity index (χ1n) is 6.68. The molecule has 0 radical (unpaired) electrons. The Hall–Kier alpha value is -1.80. The van der Waals surface area contributed by atoms with Gasteiger partial charge in [0.25, 0.3) is 0 Å². The van der Waals surface area contributed by atoms with Gasteiger partial charge in [-0.05, 0) is 36.1 Å². The predicted octanol–water partition coefficient (Wildman–Crippen LogP) is 4.37. The van der Waals surface area contributed by atoms with Gasteiger partial charge < -0.3 is 10.5 Å². The van der Waals surface area contributed by atoms with Crippen molar-refractivity contribution in [3.63, 3.8) is 0 Å². The van der Waals surface area contributed by atoms with Crippen molar-refractivity contribution in [1.82, 2.24) is 0 Å². The molecule has 0 aliphatic heterocycles. The van der Waals surface area contributed by atoms with Crippen LogP contribution in [0.4, 0.5) is 0 Å². The molecule has 0 atom stereocenters. The largest absolute Gasteiger partial charge is 0.457 e. The molecule has 0 unspecified atom stereocenters. The van der Waals surface area contributed by atoms with E-state index in [0.29, 0.717) is 12.5 Å². The fourth-order valence-corrected chi connectivity index (χ4v) is 2.10. The van der Waals surface area contributed by atoms with Gasteiger partial charge in [0.15, 0.2) is 0 Å². The van der Waals surface area contributed by atoms with Gasteiger partial charge in [-0.1, -0.05) is 44.2 Å². The van der Waals surface area contributed by atoms with Crippen LogP contribution in [0.3, 0.4) is 0 Å². The van der Waals surface area contributed by atoms with Crippen LogP contribution in [0.15, 0.2) is 42.5 Å². The van der Waals surface area contributed by atoms with E-state index in [4.69, 9.17) is 10.5 Å². The Bertz CT molecular complexity index is 561. The van der Waals surface area contributed by atoms with E-state index in [0.717, 1.165) is 17.1 Å². The third-order valence-electron chi connectivity index (χ3n) is 3.20. The van der Waals surface area contributed by atoms with Crippen LogP contribution in [0.2, 0.25) is 0 Å². The van der Waals surface area contributed by atoms with Gasteiger partial charge in [0.1, 0.15) is 11.5 Å². The molecule has 2 nitrogen and oxygen atoms in total. The highest BCUT2D eigenvalue weighted by atomic mass is 16.5. The molecule has 0 saturated carbocycles. The smallest absolute Gasteiger partial charge is 0.131 e. The number of hydrogen-bond acceptors (Lipinski definition) is 2. The van der Waals surface area contributed by atoms with Crippen LogP contribution in [-0.4, -0.2) is 0 Å². The predicted molar refractivity (Wildman–Crippen MR) is 79.7 cm³/mol. The highest BCUT2D eigenvalue weighted by molar-refractivity contribution is 5.44. The van der Waals surface area contributed by atoms with Crippen LogP contribution in [0.1, 0.15) is 36.5 Å². The number of rotatable bonds is 4. The summed E-state index contributed by atoms with van der Waals surface area (Å²) in [6, 6.07) is 14.3.